The van der Waals surface area contributed by atoms with Crippen LogP contribution in [-0.4, -0.2) is 37.4 Å². The number of benzene rings is 2. The minimum absolute atomic E-state index is 0.141. The summed E-state index contributed by atoms with van der Waals surface area (Å²) >= 11 is 0. The molecule has 0 aliphatic carbocycles. The average molecular weight is 338 g/mol. The molecule has 1 heterocycles. The number of nitrogens with zero attached hydrogens (tertiary/aromatic N) is 1. The molecule has 2 aromatic rings. The summed E-state index contributed by atoms with van der Waals surface area (Å²) in [6.45, 7) is 2.94. The third kappa shape index (κ3) is 3.42. The fourth-order valence-corrected chi connectivity index (χ4v) is 3.36. The van der Waals surface area contributed by atoms with Crippen molar-refractivity contribution in [2.45, 2.75) is 19.4 Å². The highest BCUT2D eigenvalue weighted by molar-refractivity contribution is 6.01. The SMILES string of the molecule is COc1cccc2c1C(CN(C=O)C(=O)c1ccccc1C)NCC2. The molecule has 3 rings (SSSR count). The van der Waals surface area contributed by atoms with Gasteiger partial charge in [0, 0.05) is 17.7 Å². The number of fused-ring (bicyclic) bond motifs is 1. The maximum Gasteiger partial charge on any atom is 0.260 e. The highest BCUT2D eigenvalue weighted by Crippen LogP contribution is 2.32. The molecular weight excluding hydrogens is 316 g/mol. The standard InChI is InChI=1S/C20H22N2O3/c1-14-6-3-4-8-16(14)20(24)22(13-23)12-17-19-15(10-11-21-17)7-5-9-18(19)25-2/h3-9,13,17,21H,10-12H2,1-2H3. The van der Waals surface area contributed by atoms with Gasteiger partial charge in [0.15, 0.2) is 0 Å². The smallest absolute Gasteiger partial charge is 0.260 e. The molecule has 1 N–H and O–H groups in total. The quantitative estimate of drug-likeness (QED) is 0.851. The van der Waals surface area contributed by atoms with E-state index in [0.717, 1.165) is 29.8 Å². The van der Waals surface area contributed by atoms with Gasteiger partial charge in [0.2, 0.25) is 6.41 Å². The summed E-state index contributed by atoms with van der Waals surface area (Å²) in [4.78, 5) is 25.6. The van der Waals surface area contributed by atoms with Crippen LogP contribution in [-0.2, 0) is 11.2 Å². The van der Waals surface area contributed by atoms with E-state index in [1.54, 1.807) is 19.2 Å². The normalized spacial score (nSPS) is 16.0. The maximum absolute atomic E-state index is 12.8. The fraction of sp³-hybridized carbons (Fsp3) is 0.300. The van der Waals surface area contributed by atoms with Gasteiger partial charge in [0.25, 0.3) is 5.91 Å². The van der Waals surface area contributed by atoms with Gasteiger partial charge in [-0.3, -0.25) is 14.5 Å². The molecule has 2 amide bonds. The van der Waals surface area contributed by atoms with Crippen molar-refractivity contribution < 1.29 is 14.3 Å². The molecule has 0 saturated heterocycles. The first-order chi connectivity index (χ1) is 12.2. The van der Waals surface area contributed by atoms with E-state index < -0.39 is 0 Å². The van der Waals surface area contributed by atoms with Gasteiger partial charge in [-0.1, -0.05) is 30.3 Å². The summed E-state index contributed by atoms with van der Waals surface area (Å²) in [6, 6.07) is 13.1. The molecule has 0 aromatic heterocycles. The van der Waals surface area contributed by atoms with Gasteiger partial charge >= 0.3 is 0 Å². The number of hydrogen-bond acceptors (Lipinski definition) is 4. The van der Waals surface area contributed by atoms with E-state index >= 15 is 0 Å². The zero-order valence-corrected chi connectivity index (χ0v) is 14.5. The van der Waals surface area contributed by atoms with Crippen molar-refractivity contribution in [1.82, 2.24) is 10.2 Å². The van der Waals surface area contributed by atoms with Crippen molar-refractivity contribution in [3.05, 3.63) is 64.7 Å². The Labute approximate surface area is 147 Å². The molecule has 0 bridgehead atoms. The minimum atomic E-state index is -0.281. The number of nitrogens with one attached hydrogen (secondary N) is 1. The molecule has 5 heteroatoms. The zero-order chi connectivity index (χ0) is 17.8. The summed E-state index contributed by atoms with van der Waals surface area (Å²) < 4.78 is 5.49. The molecular formula is C20H22N2O3. The van der Waals surface area contributed by atoms with Crippen molar-refractivity contribution in [1.29, 1.82) is 0 Å². The Morgan fingerprint density at radius 1 is 1.28 bits per heavy atom. The lowest BCUT2D eigenvalue weighted by Gasteiger charge is -2.31. The predicted molar refractivity (Wildman–Crippen MR) is 95.7 cm³/mol. The first kappa shape index (κ1) is 17.2. The summed E-state index contributed by atoms with van der Waals surface area (Å²) in [6.07, 6.45) is 1.51. The Balaban J connectivity index is 1.88. The van der Waals surface area contributed by atoms with E-state index in [4.69, 9.17) is 4.74 Å². The molecule has 5 nitrogen and oxygen atoms in total. The summed E-state index contributed by atoms with van der Waals surface area (Å²) in [5, 5.41) is 3.40. The third-order valence-electron chi connectivity index (χ3n) is 4.65. The van der Waals surface area contributed by atoms with Gasteiger partial charge in [0.1, 0.15) is 5.75 Å². The van der Waals surface area contributed by atoms with Crippen LogP contribution in [0.1, 0.15) is 33.1 Å². The predicted octanol–water partition coefficient (Wildman–Crippen LogP) is 2.49. The number of ether oxygens (including phenoxy) is 1. The Morgan fingerprint density at radius 2 is 2.08 bits per heavy atom. The number of carbonyl (C=O) groups is 2. The van der Waals surface area contributed by atoms with Crippen molar-refractivity contribution in [2.75, 3.05) is 20.2 Å². The van der Waals surface area contributed by atoms with Crippen molar-refractivity contribution in [3.63, 3.8) is 0 Å². The van der Waals surface area contributed by atoms with E-state index in [1.165, 1.54) is 10.5 Å². The fourth-order valence-electron chi connectivity index (χ4n) is 3.36. The maximum atomic E-state index is 12.8. The second-order valence-electron chi connectivity index (χ2n) is 6.17. The number of amides is 2. The highest BCUT2D eigenvalue weighted by Gasteiger charge is 2.27. The van der Waals surface area contributed by atoms with E-state index in [1.807, 2.05) is 31.2 Å². The minimum Gasteiger partial charge on any atom is -0.496 e. The van der Waals surface area contributed by atoms with E-state index in [0.29, 0.717) is 12.0 Å². The second kappa shape index (κ2) is 7.49. The summed E-state index contributed by atoms with van der Waals surface area (Å²) in [5.74, 6) is 0.501. The first-order valence-corrected chi connectivity index (χ1v) is 8.36. The Hall–Kier alpha value is -2.66. The number of carbonyl (C=O) groups excluding carboxylic acids is 2. The van der Waals surface area contributed by atoms with Crippen LogP contribution < -0.4 is 10.1 Å². The molecule has 0 fully saturated rings. The van der Waals surface area contributed by atoms with Gasteiger partial charge in [0.05, 0.1) is 13.2 Å². The van der Waals surface area contributed by atoms with Crippen LogP contribution in [0.5, 0.6) is 5.75 Å². The van der Waals surface area contributed by atoms with Crippen LogP contribution in [0.4, 0.5) is 0 Å². The topological polar surface area (TPSA) is 58.6 Å². The highest BCUT2D eigenvalue weighted by atomic mass is 16.5. The summed E-state index contributed by atoms with van der Waals surface area (Å²) in [5.41, 5.74) is 3.62. The molecule has 130 valence electrons. The van der Waals surface area contributed by atoms with Crippen molar-refractivity contribution in [3.8, 4) is 5.75 Å². The third-order valence-corrected chi connectivity index (χ3v) is 4.65. The largest absolute Gasteiger partial charge is 0.496 e. The van der Waals surface area contributed by atoms with Gasteiger partial charge in [-0.15, -0.1) is 0 Å². The number of hydrogen-bond donors (Lipinski definition) is 1. The van der Waals surface area contributed by atoms with Crippen LogP contribution in [0.15, 0.2) is 42.5 Å². The lowest BCUT2D eigenvalue weighted by Crippen LogP contribution is -2.41. The molecule has 1 atom stereocenters. The summed E-state index contributed by atoms with van der Waals surface area (Å²) in [7, 11) is 1.64. The van der Waals surface area contributed by atoms with Gasteiger partial charge in [-0.25, -0.2) is 0 Å². The molecule has 0 spiro atoms. The van der Waals surface area contributed by atoms with Gasteiger partial charge < -0.3 is 10.1 Å². The van der Waals surface area contributed by atoms with Gasteiger partial charge in [-0.2, -0.15) is 0 Å². The van der Waals surface area contributed by atoms with Crippen LogP contribution in [0.3, 0.4) is 0 Å². The molecule has 1 aliphatic heterocycles. The lowest BCUT2D eigenvalue weighted by molar-refractivity contribution is -0.116. The van der Waals surface area contributed by atoms with Gasteiger partial charge in [-0.05, 0) is 43.1 Å². The van der Waals surface area contributed by atoms with Crippen LogP contribution >= 0.6 is 0 Å². The Morgan fingerprint density at radius 3 is 2.80 bits per heavy atom. The van der Waals surface area contributed by atoms with E-state index in [-0.39, 0.29) is 18.5 Å². The Bertz CT molecular complexity index is 774. The first-order valence-electron chi connectivity index (χ1n) is 8.36. The molecule has 1 aliphatic rings. The molecule has 1 unspecified atom stereocenters. The van der Waals surface area contributed by atoms with E-state index in [9.17, 15) is 9.59 Å². The molecule has 0 saturated carbocycles. The molecule has 0 radical (unpaired) electrons. The zero-order valence-electron chi connectivity index (χ0n) is 14.5. The average Bonchev–Trinajstić information content (AvgIpc) is 2.65. The van der Waals surface area contributed by atoms with Crippen LogP contribution in [0.25, 0.3) is 0 Å². The van der Waals surface area contributed by atoms with E-state index in [2.05, 4.69) is 11.4 Å². The number of aryl methyl sites for hydroxylation is 1. The van der Waals surface area contributed by atoms with Crippen LogP contribution in [0.2, 0.25) is 0 Å². The number of imide groups is 1. The number of rotatable bonds is 5. The second-order valence-corrected chi connectivity index (χ2v) is 6.17. The van der Waals surface area contributed by atoms with Crippen molar-refractivity contribution in [2.24, 2.45) is 0 Å². The lowest BCUT2D eigenvalue weighted by atomic mass is 9.93. The Kier molecular flexibility index (Phi) is 5.14. The monoisotopic (exact) mass is 338 g/mol. The molecule has 2 aromatic carbocycles. The van der Waals surface area contributed by atoms with Crippen molar-refractivity contribution >= 4 is 12.3 Å². The number of methoxy groups -OCH3 is 1. The molecule has 25 heavy (non-hydrogen) atoms. The van der Waals surface area contributed by atoms with Crippen LogP contribution in [0, 0.1) is 6.92 Å².